The van der Waals surface area contributed by atoms with Crippen LogP contribution < -0.4 is 5.32 Å². The van der Waals surface area contributed by atoms with Gasteiger partial charge < -0.3 is 19.5 Å². The summed E-state index contributed by atoms with van der Waals surface area (Å²) in [4.78, 5) is 30.0. The van der Waals surface area contributed by atoms with Gasteiger partial charge in [0, 0.05) is 21.7 Å². The summed E-state index contributed by atoms with van der Waals surface area (Å²) in [6.45, 7) is 2.52. The molecular weight excluding hydrogens is 518 g/mol. The highest BCUT2D eigenvalue weighted by Crippen LogP contribution is 2.44. The van der Waals surface area contributed by atoms with Crippen LogP contribution in [0.3, 0.4) is 0 Å². The van der Waals surface area contributed by atoms with Gasteiger partial charge in [-0.05, 0) is 74.1 Å². The number of esters is 1. The second-order valence-electron chi connectivity index (χ2n) is 9.85. The van der Waals surface area contributed by atoms with Gasteiger partial charge in [0.1, 0.15) is 5.00 Å². The molecule has 6 nitrogen and oxygen atoms in total. The van der Waals surface area contributed by atoms with Crippen molar-refractivity contribution in [2.45, 2.75) is 45.2 Å². The summed E-state index contributed by atoms with van der Waals surface area (Å²) in [7, 11) is 1.32. The van der Waals surface area contributed by atoms with Gasteiger partial charge in [-0.3, -0.25) is 0 Å². The number of ether oxygens (including phenoxy) is 1. The molecule has 1 N–H and O–H groups in total. The molecule has 0 saturated heterocycles. The highest BCUT2D eigenvalue weighted by Gasteiger charge is 2.36. The van der Waals surface area contributed by atoms with Crippen molar-refractivity contribution in [3.8, 4) is 5.00 Å². The van der Waals surface area contributed by atoms with Crippen molar-refractivity contribution in [1.29, 1.82) is 0 Å². The number of thiophene rings is 1. The van der Waals surface area contributed by atoms with Gasteiger partial charge in [-0.15, -0.1) is 11.3 Å². The van der Waals surface area contributed by atoms with E-state index in [9.17, 15) is 9.59 Å². The lowest BCUT2D eigenvalue weighted by Crippen LogP contribution is -2.38. The molecule has 2 aromatic carbocycles. The van der Waals surface area contributed by atoms with E-state index < -0.39 is 5.97 Å². The lowest BCUT2D eigenvalue weighted by Gasteiger charge is -2.31. The Morgan fingerprint density at radius 3 is 2.63 bits per heavy atom. The number of fused-ring (bicyclic) bond motifs is 5. The van der Waals surface area contributed by atoms with Gasteiger partial charge in [0.05, 0.1) is 36.6 Å². The molecule has 0 bridgehead atoms. The molecule has 2 amide bonds. The van der Waals surface area contributed by atoms with Crippen LogP contribution in [0.25, 0.3) is 5.00 Å². The van der Waals surface area contributed by atoms with Gasteiger partial charge in [-0.1, -0.05) is 41.4 Å². The van der Waals surface area contributed by atoms with Crippen molar-refractivity contribution in [1.82, 2.24) is 9.47 Å². The van der Waals surface area contributed by atoms with E-state index in [2.05, 4.69) is 53.3 Å². The first-order valence-electron chi connectivity index (χ1n) is 12.8. The number of carbonyl (C=O) groups is 2. The first kappa shape index (κ1) is 24.8. The molecule has 0 fully saturated rings. The van der Waals surface area contributed by atoms with Gasteiger partial charge in [-0.25, -0.2) is 9.59 Å². The predicted octanol–water partition coefficient (Wildman–Crippen LogP) is 7.30. The minimum atomic E-state index is -0.536. The third kappa shape index (κ3) is 4.29. The first-order chi connectivity index (χ1) is 18.4. The Labute approximate surface area is 230 Å². The molecule has 0 saturated carbocycles. The van der Waals surface area contributed by atoms with E-state index in [1.165, 1.54) is 34.5 Å². The zero-order valence-electron chi connectivity index (χ0n) is 21.3. The maximum atomic E-state index is 14.2. The second kappa shape index (κ2) is 9.97. The number of amides is 2. The first-order valence-corrected chi connectivity index (χ1v) is 14.0. The molecule has 38 heavy (non-hydrogen) atoms. The Bertz CT molecular complexity index is 1540. The molecule has 194 valence electrons. The summed E-state index contributed by atoms with van der Waals surface area (Å²) in [6.07, 6.45) is 6.58. The fourth-order valence-electron chi connectivity index (χ4n) is 5.58. The van der Waals surface area contributed by atoms with Crippen LogP contribution in [-0.4, -0.2) is 28.6 Å². The Balaban J connectivity index is 1.49. The van der Waals surface area contributed by atoms with Crippen LogP contribution in [0.1, 0.15) is 62.1 Å². The average Bonchev–Trinajstić information content (AvgIpc) is 3.51. The van der Waals surface area contributed by atoms with Crippen LogP contribution in [0.4, 0.5) is 10.5 Å². The molecule has 4 aromatic rings. The van der Waals surface area contributed by atoms with Gasteiger partial charge >= 0.3 is 12.0 Å². The normalized spacial score (nSPS) is 16.2. The Morgan fingerprint density at radius 2 is 1.84 bits per heavy atom. The predicted molar refractivity (Wildman–Crippen MR) is 151 cm³/mol. The summed E-state index contributed by atoms with van der Waals surface area (Å²) in [5.74, 6) is -0.536. The Kier molecular flexibility index (Phi) is 6.50. The van der Waals surface area contributed by atoms with Crippen molar-refractivity contribution < 1.29 is 14.3 Å². The van der Waals surface area contributed by atoms with Crippen molar-refractivity contribution in [2.75, 3.05) is 12.4 Å². The third-order valence-electron chi connectivity index (χ3n) is 7.46. The van der Waals surface area contributed by atoms with Crippen molar-refractivity contribution in [2.24, 2.45) is 0 Å². The largest absolute Gasteiger partial charge is 0.465 e. The molecule has 8 heteroatoms. The van der Waals surface area contributed by atoms with Crippen molar-refractivity contribution in [3.63, 3.8) is 0 Å². The van der Waals surface area contributed by atoms with Crippen molar-refractivity contribution in [3.05, 3.63) is 104 Å². The van der Waals surface area contributed by atoms with Crippen LogP contribution >= 0.6 is 22.9 Å². The van der Waals surface area contributed by atoms with Crippen LogP contribution in [-0.2, 0) is 24.1 Å². The zero-order valence-corrected chi connectivity index (χ0v) is 22.9. The SMILES string of the molecule is COC(=O)c1ccc(Cl)cc1NC(=O)N1Cc2c(sc3c2CCCC3)-n2cccc2[C@H]1c1ccc(C)cc1. The fraction of sp³-hybridized carbons (Fsp3) is 0.267. The highest BCUT2D eigenvalue weighted by molar-refractivity contribution is 7.15. The number of nitrogens with zero attached hydrogens (tertiary/aromatic N) is 2. The monoisotopic (exact) mass is 545 g/mol. The number of aromatic nitrogens is 1. The lowest BCUT2D eigenvalue weighted by molar-refractivity contribution is 0.0602. The molecule has 1 atom stereocenters. The Hall–Kier alpha value is -3.55. The van der Waals surface area contributed by atoms with Crippen LogP contribution in [0.2, 0.25) is 5.02 Å². The minimum Gasteiger partial charge on any atom is -0.465 e. The Morgan fingerprint density at radius 1 is 1.05 bits per heavy atom. The summed E-state index contributed by atoms with van der Waals surface area (Å²) >= 11 is 8.12. The maximum absolute atomic E-state index is 14.2. The number of hydrogen-bond donors (Lipinski definition) is 1. The smallest absolute Gasteiger partial charge is 0.339 e. The summed E-state index contributed by atoms with van der Waals surface area (Å²) in [5.41, 5.74) is 6.38. The molecular formula is C30H28ClN3O3S. The van der Waals surface area contributed by atoms with E-state index in [0.29, 0.717) is 17.3 Å². The highest BCUT2D eigenvalue weighted by atomic mass is 35.5. The van der Waals surface area contributed by atoms with Gasteiger partial charge in [0.15, 0.2) is 0 Å². The molecule has 1 aliphatic heterocycles. The third-order valence-corrected chi connectivity index (χ3v) is 9.03. The molecule has 2 aromatic heterocycles. The van der Waals surface area contributed by atoms with Crippen LogP contribution in [0.5, 0.6) is 0 Å². The molecule has 3 heterocycles. The standard InChI is InChI=1S/C30H28ClN3O3S/c1-18-9-11-19(12-10-18)27-25-7-5-15-33(25)28-23(21-6-3-4-8-26(21)38-28)17-34(27)30(36)32-24-16-20(31)13-14-22(24)29(35)37-2/h5,7,9-16,27H,3-4,6,8,17H2,1-2H3,(H,32,36)/t27-/m1/s1. The molecule has 0 spiro atoms. The average molecular weight is 546 g/mol. The molecule has 0 unspecified atom stereocenters. The molecule has 2 aliphatic rings. The number of methoxy groups -OCH3 is 1. The zero-order chi connectivity index (χ0) is 26.4. The van der Waals surface area contributed by atoms with E-state index in [1.807, 2.05) is 22.3 Å². The van der Waals surface area contributed by atoms with E-state index in [-0.39, 0.29) is 17.6 Å². The van der Waals surface area contributed by atoms with Gasteiger partial charge in [-0.2, -0.15) is 0 Å². The fourth-order valence-corrected chi connectivity index (χ4v) is 7.16. The number of aryl methyl sites for hydroxylation is 2. The topological polar surface area (TPSA) is 63.6 Å². The van der Waals surface area contributed by atoms with Crippen LogP contribution in [0, 0.1) is 6.92 Å². The molecule has 0 radical (unpaired) electrons. The molecule has 1 aliphatic carbocycles. The van der Waals surface area contributed by atoms with Crippen LogP contribution in [0.15, 0.2) is 60.8 Å². The number of carbonyl (C=O) groups excluding carboxylic acids is 2. The maximum Gasteiger partial charge on any atom is 0.339 e. The number of halogens is 1. The minimum absolute atomic E-state index is 0.254. The lowest BCUT2D eigenvalue weighted by atomic mass is 9.95. The number of benzene rings is 2. The summed E-state index contributed by atoms with van der Waals surface area (Å²) in [6, 6.07) is 16.6. The number of urea groups is 1. The second-order valence-corrected chi connectivity index (χ2v) is 11.4. The number of anilines is 1. The van der Waals surface area contributed by atoms with E-state index in [0.717, 1.165) is 36.1 Å². The number of rotatable bonds is 3. The summed E-state index contributed by atoms with van der Waals surface area (Å²) < 4.78 is 7.21. The van der Waals surface area contributed by atoms with Gasteiger partial charge in [0.25, 0.3) is 0 Å². The van der Waals surface area contributed by atoms with E-state index >= 15 is 0 Å². The quantitative estimate of drug-likeness (QED) is 0.275. The summed E-state index contributed by atoms with van der Waals surface area (Å²) in [5, 5.41) is 4.61. The molecule has 6 rings (SSSR count). The van der Waals surface area contributed by atoms with E-state index in [1.54, 1.807) is 18.2 Å². The number of hydrogen-bond acceptors (Lipinski definition) is 4. The van der Waals surface area contributed by atoms with E-state index in [4.69, 9.17) is 16.3 Å². The number of nitrogens with one attached hydrogen (secondary N) is 1. The van der Waals surface area contributed by atoms with Gasteiger partial charge in [0.2, 0.25) is 0 Å². The van der Waals surface area contributed by atoms with Crippen molar-refractivity contribution >= 4 is 40.6 Å².